The number of fused-ring (bicyclic) bond motifs is 8. The number of nitrogens with zero attached hydrogens (tertiary/aromatic N) is 2. The lowest BCUT2D eigenvalue weighted by Crippen LogP contribution is -1.97. The second kappa shape index (κ2) is 12.5. The Morgan fingerprint density at radius 2 is 1.16 bits per heavy atom. The van der Waals surface area contributed by atoms with Crippen LogP contribution >= 0.6 is 0 Å². The minimum atomic E-state index is -0.911. The van der Waals surface area contributed by atoms with Gasteiger partial charge in [-0.05, 0) is 112 Å². The third-order valence-electron chi connectivity index (χ3n) is 8.99. The first kappa shape index (κ1) is 31.9. The molecule has 8 bridgehead atoms. The van der Waals surface area contributed by atoms with E-state index >= 15 is 0 Å². The number of carboxylic acid groups (broad SMARTS) is 2. The number of aliphatic carboxylic acids is 2. The number of ether oxygens (including phenoxy) is 1. The van der Waals surface area contributed by atoms with Crippen LogP contribution in [0.4, 0.5) is 0 Å². The zero-order valence-electron chi connectivity index (χ0n) is 26.8. The first-order chi connectivity index (χ1) is 21.3. The molecule has 0 radical (unpaired) electrons. The SMILES string of the molecule is COC(C)c1c(C)c2cc3nc(cc4nc(cc5[nH]c(cc1[nH]2)c(C)c5C(C)O)C(C)=C4CCC(=O)O)C(CCC(=O)O)=C3C. The number of nitrogens with one attached hydrogen (secondary N) is 2. The summed E-state index contributed by atoms with van der Waals surface area (Å²) in [4.78, 5) is 40.2. The fourth-order valence-electron chi connectivity index (χ4n) is 6.42. The van der Waals surface area contributed by atoms with Crippen LogP contribution in [0.3, 0.4) is 0 Å². The van der Waals surface area contributed by atoms with Crippen molar-refractivity contribution in [2.45, 2.75) is 79.4 Å². The minimum absolute atomic E-state index is 0.0578. The van der Waals surface area contributed by atoms with Gasteiger partial charge in [0, 0.05) is 53.1 Å². The number of hydrogen-bond donors (Lipinski definition) is 5. The van der Waals surface area contributed by atoms with Crippen molar-refractivity contribution in [3.63, 3.8) is 0 Å². The standard InChI is InChI=1S/C35H40N4O6/c1-16-22(8-10-32(41)42)28-15-29-23(9-11-33(43)44)17(2)25(37-29)13-30-34(20(5)40)18(3)27(38-30)14-31-35(21(6)45-7)19(4)26(39-31)12-24(16)36-28/h12-15,20-21,38-40H,8-11H2,1-7H3,(H,41,42)(H,43,44). The summed E-state index contributed by atoms with van der Waals surface area (Å²) in [6.07, 6.45) is -0.542. The zero-order valence-corrected chi connectivity index (χ0v) is 26.8. The fourth-order valence-corrected chi connectivity index (χ4v) is 6.42. The number of allylic oxidation sites excluding steroid dienone is 4. The van der Waals surface area contributed by atoms with Gasteiger partial charge in [-0.15, -0.1) is 0 Å². The van der Waals surface area contributed by atoms with E-state index in [0.717, 1.165) is 61.1 Å². The Kier molecular flexibility index (Phi) is 8.82. The molecular weight excluding hydrogens is 572 g/mol. The van der Waals surface area contributed by atoms with E-state index in [-0.39, 0.29) is 31.8 Å². The Bertz CT molecular complexity index is 1940. The quantitative estimate of drug-likeness (QED) is 0.168. The number of aromatic amines is 2. The largest absolute Gasteiger partial charge is 0.481 e. The summed E-state index contributed by atoms with van der Waals surface area (Å²) in [5, 5.41) is 29.8. The summed E-state index contributed by atoms with van der Waals surface area (Å²) in [6.45, 7) is 11.6. The molecule has 2 aliphatic heterocycles. The molecule has 0 amide bonds. The summed E-state index contributed by atoms with van der Waals surface area (Å²) in [5.41, 5.74) is 12.8. The molecule has 3 aromatic heterocycles. The highest BCUT2D eigenvalue weighted by Crippen LogP contribution is 2.39. The lowest BCUT2D eigenvalue weighted by molar-refractivity contribution is -0.137. The van der Waals surface area contributed by atoms with E-state index < -0.39 is 18.0 Å². The van der Waals surface area contributed by atoms with E-state index in [1.54, 1.807) is 14.0 Å². The lowest BCUT2D eigenvalue weighted by Gasteiger charge is -2.09. The highest BCUT2D eigenvalue weighted by molar-refractivity contribution is 5.96. The third kappa shape index (κ3) is 6.08. The molecule has 2 unspecified atom stereocenters. The number of aryl methyl sites for hydroxylation is 2. The number of hydrogen-bond acceptors (Lipinski definition) is 6. The topological polar surface area (TPSA) is 161 Å². The van der Waals surface area contributed by atoms with E-state index in [9.17, 15) is 24.9 Å². The molecule has 5 N–H and O–H groups in total. The first-order valence-corrected chi connectivity index (χ1v) is 15.1. The number of aliphatic hydroxyl groups excluding tert-OH is 1. The van der Waals surface area contributed by atoms with Crippen LogP contribution in [0.25, 0.3) is 44.4 Å². The number of H-pyrrole nitrogens is 2. The maximum absolute atomic E-state index is 11.6. The second-order valence-corrected chi connectivity index (χ2v) is 11.9. The van der Waals surface area contributed by atoms with Crippen LogP contribution in [-0.4, -0.2) is 54.3 Å². The van der Waals surface area contributed by atoms with Crippen LogP contribution in [0.15, 0.2) is 24.3 Å². The van der Waals surface area contributed by atoms with Crippen molar-refractivity contribution in [3.05, 3.63) is 69.3 Å². The van der Waals surface area contributed by atoms with Gasteiger partial charge in [0.05, 0.1) is 35.0 Å². The Morgan fingerprint density at radius 3 is 1.62 bits per heavy atom. The van der Waals surface area contributed by atoms with Gasteiger partial charge in [-0.1, -0.05) is 0 Å². The molecule has 45 heavy (non-hydrogen) atoms. The van der Waals surface area contributed by atoms with Crippen molar-refractivity contribution in [1.29, 1.82) is 0 Å². The Balaban J connectivity index is 1.95. The van der Waals surface area contributed by atoms with Crippen molar-refractivity contribution in [3.8, 4) is 0 Å². The van der Waals surface area contributed by atoms with Gasteiger partial charge in [-0.25, -0.2) is 9.97 Å². The number of aromatic nitrogens is 4. The smallest absolute Gasteiger partial charge is 0.303 e. The maximum atomic E-state index is 11.6. The summed E-state index contributed by atoms with van der Waals surface area (Å²) in [6, 6.07) is 7.74. The summed E-state index contributed by atoms with van der Waals surface area (Å²) in [5.74, 6) is -1.81. The summed E-state index contributed by atoms with van der Waals surface area (Å²) in [7, 11) is 1.67. The molecule has 2 aliphatic rings. The molecule has 0 aliphatic carbocycles. The van der Waals surface area contributed by atoms with Crippen molar-refractivity contribution in [2.24, 2.45) is 0 Å². The number of methoxy groups -OCH3 is 1. The lowest BCUT2D eigenvalue weighted by atomic mass is 9.98. The van der Waals surface area contributed by atoms with Crippen LogP contribution in [-0.2, 0) is 14.3 Å². The summed E-state index contributed by atoms with van der Waals surface area (Å²) < 4.78 is 5.77. The fraction of sp³-hybridized carbons (Fsp3) is 0.371. The molecule has 0 aromatic carbocycles. The Labute approximate surface area is 261 Å². The number of rotatable bonds is 9. The highest BCUT2D eigenvalue weighted by Gasteiger charge is 2.24. The third-order valence-corrected chi connectivity index (χ3v) is 8.99. The first-order valence-electron chi connectivity index (χ1n) is 15.1. The number of carbonyl (C=O) groups is 2. The molecule has 0 fully saturated rings. The molecule has 0 spiro atoms. The molecule has 10 nitrogen and oxygen atoms in total. The molecule has 2 atom stereocenters. The van der Waals surface area contributed by atoms with Crippen LogP contribution in [0.1, 0.15) is 111 Å². The van der Waals surface area contributed by atoms with E-state index in [1.165, 1.54) is 0 Å². The van der Waals surface area contributed by atoms with Crippen LogP contribution in [0.5, 0.6) is 0 Å². The predicted molar refractivity (Wildman–Crippen MR) is 175 cm³/mol. The van der Waals surface area contributed by atoms with Crippen molar-refractivity contribution >= 4 is 56.3 Å². The van der Waals surface area contributed by atoms with Crippen molar-refractivity contribution in [1.82, 2.24) is 19.9 Å². The van der Waals surface area contributed by atoms with Gasteiger partial charge in [0.25, 0.3) is 0 Å². The Morgan fingerprint density at radius 1 is 0.711 bits per heavy atom. The average molecular weight is 613 g/mol. The monoisotopic (exact) mass is 612 g/mol. The molecule has 236 valence electrons. The molecule has 0 saturated carbocycles. The predicted octanol–water partition coefficient (Wildman–Crippen LogP) is 7.28. The molecule has 3 aromatic rings. The van der Waals surface area contributed by atoms with Gasteiger partial charge in [-0.3, -0.25) is 9.59 Å². The van der Waals surface area contributed by atoms with Gasteiger partial charge >= 0.3 is 11.9 Å². The van der Waals surface area contributed by atoms with Gasteiger partial charge in [0.15, 0.2) is 0 Å². The summed E-state index contributed by atoms with van der Waals surface area (Å²) >= 11 is 0. The van der Waals surface area contributed by atoms with Crippen molar-refractivity contribution in [2.75, 3.05) is 7.11 Å². The molecule has 5 rings (SSSR count). The average Bonchev–Trinajstić information content (AvgIpc) is 3.63. The highest BCUT2D eigenvalue weighted by atomic mass is 16.5. The van der Waals surface area contributed by atoms with E-state index in [1.807, 2.05) is 58.9 Å². The number of aliphatic hydroxyl groups is 1. The van der Waals surface area contributed by atoms with Crippen molar-refractivity contribution < 1.29 is 29.6 Å². The van der Waals surface area contributed by atoms with Crippen LogP contribution < -0.4 is 0 Å². The van der Waals surface area contributed by atoms with E-state index in [0.29, 0.717) is 28.3 Å². The van der Waals surface area contributed by atoms with Gasteiger partial charge in [0.2, 0.25) is 0 Å². The molecule has 0 saturated heterocycles. The minimum Gasteiger partial charge on any atom is -0.481 e. The van der Waals surface area contributed by atoms with Gasteiger partial charge in [-0.2, -0.15) is 0 Å². The molecular formula is C35H40N4O6. The van der Waals surface area contributed by atoms with E-state index in [4.69, 9.17) is 14.7 Å². The second-order valence-electron chi connectivity index (χ2n) is 11.9. The zero-order chi connectivity index (χ0) is 32.7. The molecule has 5 heterocycles. The number of carboxylic acids is 2. The maximum Gasteiger partial charge on any atom is 0.303 e. The van der Waals surface area contributed by atoms with Crippen LogP contribution in [0, 0.1) is 13.8 Å². The van der Waals surface area contributed by atoms with Gasteiger partial charge < -0.3 is 30.0 Å². The van der Waals surface area contributed by atoms with Gasteiger partial charge in [0.1, 0.15) is 0 Å². The normalized spacial score (nSPS) is 14.7. The van der Waals surface area contributed by atoms with Crippen LogP contribution in [0.2, 0.25) is 0 Å². The van der Waals surface area contributed by atoms with E-state index in [2.05, 4.69) is 9.97 Å². The Hall–Kier alpha value is -4.54. The molecule has 10 heteroatoms.